The van der Waals surface area contributed by atoms with E-state index < -0.39 is 0 Å². The zero-order valence-corrected chi connectivity index (χ0v) is 19.3. The topological polar surface area (TPSA) is 54.5 Å². The molecule has 5 nitrogen and oxygen atoms in total. The SMILES string of the molecule is CCC[C@H](Oc1ccc(CN(C)CCNc2cc(C)ncc2C=O)cc1)c1cccs1. The van der Waals surface area contributed by atoms with Crippen LogP contribution in [0.25, 0.3) is 0 Å². The summed E-state index contributed by atoms with van der Waals surface area (Å²) in [6.45, 7) is 6.56. The summed E-state index contributed by atoms with van der Waals surface area (Å²) < 4.78 is 6.26. The first-order valence-electron chi connectivity index (χ1n) is 10.7. The number of benzene rings is 1. The van der Waals surface area contributed by atoms with E-state index in [-0.39, 0.29) is 6.10 Å². The van der Waals surface area contributed by atoms with E-state index in [9.17, 15) is 4.79 Å². The number of aldehydes is 1. The van der Waals surface area contributed by atoms with Gasteiger partial charge in [0.05, 0.1) is 5.56 Å². The molecule has 0 saturated carbocycles. The lowest BCUT2D eigenvalue weighted by atomic mass is 10.1. The molecule has 0 aliphatic heterocycles. The smallest absolute Gasteiger partial charge is 0.153 e. The van der Waals surface area contributed by atoms with Gasteiger partial charge in [0.15, 0.2) is 6.29 Å². The molecule has 1 atom stereocenters. The van der Waals surface area contributed by atoms with Gasteiger partial charge in [-0.25, -0.2) is 0 Å². The number of hydrogen-bond donors (Lipinski definition) is 1. The van der Waals surface area contributed by atoms with Crippen LogP contribution in [0.5, 0.6) is 5.75 Å². The normalized spacial score (nSPS) is 12.0. The molecule has 0 aliphatic rings. The number of likely N-dealkylation sites (N-methyl/N-ethyl adjacent to an activating group) is 1. The quantitative estimate of drug-likeness (QED) is 0.367. The number of carbonyl (C=O) groups is 1. The van der Waals surface area contributed by atoms with E-state index in [2.05, 4.69) is 71.0 Å². The predicted octanol–water partition coefficient (Wildman–Crippen LogP) is 5.73. The standard InChI is InChI=1S/C25H31N3O2S/c1-4-6-24(25-7-5-14-31-25)30-22-10-8-20(9-11-22)17-28(3)13-12-26-23-15-19(2)27-16-21(23)18-29/h5,7-11,14-16,18,24H,4,6,12-13,17H2,1-3H3,(H,26,27)/t24-/m0/s1. The summed E-state index contributed by atoms with van der Waals surface area (Å²) in [6, 6.07) is 14.5. The van der Waals surface area contributed by atoms with E-state index >= 15 is 0 Å². The fourth-order valence-corrected chi connectivity index (χ4v) is 4.21. The summed E-state index contributed by atoms with van der Waals surface area (Å²) in [6.07, 6.45) is 4.68. The van der Waals surface area contributed by atoms with Crippen molar-refractivity contribution in [2.24, 2.45) is 0 Å². The Morgan fingerprint density at radius 2 is 2.06 bits per heavy atom. The van der Waals surface area contributed by atoms with Crippen molar-refractivity contribution in [2.45, 2.75) is 39.3 Å². The summed E-state index contributed by atoms with van der Waals surface area (Å²) in [7, 11) is 2.10. The Morgan fingerprint density at radius 3 is 2.74 bits per heavy atom. The van der Waals surface area contributed by atoms with Crippen LogP contribution >= 0.6 is 11.3 Å². The molecule has 164 valence electrons. The molecule has 0 fully saturated rings. The largest absolute Gasteiger partial charge is 0.485 e. The van der Waals surface area contributed by atoms with Gasteiger partial charge in [0.25, 0.3) is 0 Å². The van der Waals surface area contributed by atoms with Gasteiger partial charge in [-0.2, -0.15) is 0 Å². The number of aryl methyl sites for hydroxylation is 1. The molecular formula is C25H31N3O2S. The van der Waals surface area contributed by atoms with Crippen molar-refractivity contribution in [3.63, 3.8) is 0 Å². The van der Waals surface area contributed by atoms with E-state index in [1.165, 1.54) is 10.4 Å². The summed E-state index contributed by atoms with van der Waals surface area (Å²) in [5.41, 5.74) is 3.56. The lowest BCUT2D eigenvalue weighted by Crippen LogP contribution is -2.25. The highest BCUT2D eigenvalue weighted by atomic mass is 32.1. The van der Waals surface area contributed by atoms with Gasteiger partial charge in [0.2, 0.25) is 0 Å². The van der Waals surface area contributed by atoms with Gasteiger partial charge in [0.1, 0.15) is 11.9 Å². The molecule has 2 aromatic heterocycles. The van der Waals surface area contributed by atoms with Crippen LogP contribution in [0.15, 0.2) is 54.0 Å². The Balaban J connectivity index is 1.49. The Labute approximate surface area is 189 Å². The van der Waals surface area contributed by atoms with E-state index in [1.54, 1.807) is 17.5 Å². The van der Waals surface area contributed by atoms with E-state index in [0.29, 0.717) is 5.56 Å². The van der Waals surface area contributed by atoms with Gasteiger partial charge in [-0.05, 0) is 55.6 Å². The summed E-state index contributed by atoms with van der Waals surface area (Å²) >= 11 is 1.75. The van der Waals surface area contributed by atoms with Crippen LogP contribution in [-0.2, 0) is 6.54 Å². The maximum atomic E-state index is 11.2. The fourth-order valence-electron chi connectivity index (χ4n) is 3.42. The maximum Gasteiger partial charge on any atom is 0.153 e. The second kappa shape index (κ2) is 11.6. The molecule has 0 bridgehead atoms. The number of thiophene rings is 1. The molecule has 31 heavy (non-hydrogen) atoms. The Kier molecular flexibility index (Phi) is 8.62. The fraction of sp³-hybridized carbons (Fsp3) is 0.360. The number of pyridine rings is 1. The second-order valence-electron chi connectivity index (χ2n) is 7.75. The minimum atomic E-state index is 0.123. The number of nitrogens with zero attached hydrogens (tertiary/aromatic N) is 2. The van der Waals surface area contributed by atoms with Crippen LogP contribution in [0.3, 0.4) is 0 Å². The van der Waals surface area contributed by atoms with Gasteiger partial charge in [-0.1, -0.05) is 31.5 Å². The number of hydrogen-bond acceptors (Lipinski definition) is 6. The molecule has 1 N–H and O–H groups in total. The monoisotopic (exact) mass is 437 g/mol. The highest BCUT2D eigenvalue weighted by Crippen LogP contribution is 2.29. The van der Waals surface area contributed by atoms with E-state index in [0.717, 1.165) is 55.9 Å². The number of ether oxygens (including phenoxy) is 1. The van der Waals surface area contributed by atoms with Crippen molar-refractivity contribution >= 4 is 23.3 Å². The highest BCUT2D eigenvalue weighted by Gasteiger charge is 2.13. The minimum absolute atomic E-state index is 0.123. The molecule has 0 spiro atoms. The molecule has 0 amide bonds. The third-order valence-corrected chi connectivity index (χ3v) is 6.04. The van der Waals surface area contributed by atoms with E-state index in [1.807, 2.05) is 13.0 Å². The average molecular weight is 438 g/mol. The molecule has 3 aromatic rings. The van der Waals surface area contributed by atoms with Crippen molar-refractivity contribution < 1.29 is 9.53 Å². The Hall–Kier alpha value is -2.70. The van der Waals surface area contributed by atoms with Gasteiger partial charge < -0.3 is 15.0 Å². The van der Waals surface area contributed by atoms with Gasteiger partial charge in [-0.3, -0.25) is 9.78 Å². The van der Waals surface area contributed by atoms with Crippen molar-refractivity contribution in [3.05, 3.63) is 75.7 Å². The van der Waals surface area contributed by atoms with Crippen LogP contribution < -0.4 is 10.1 Å². The Bertz CT molecular complexity index is 942. The third-order valence-electron chi connectivity index (χ3n) is 5.07. The summed E-state index contributed by atoms with van der Waals surface area (Å²) in [5, 5.41) is 5.45. The van der Waals surface area contributed by atoms with E-state index in [4.69, 9.17) is 4.74 Å². The number of carbonyl (C=O) groups excluding carboxylic acids is 1. The minimum Gasteiger partial charge on any atom is -0.485 e. The van der Waals surface area contributed by atoms with Crippen molar-refractivity contribution in [2.75, 3.05) is 25.5 Å². The molecular weight excluding hydrogens is 406 g/mol. The summed E-state index contributed by atoms with van der Waals surface area (Å²) in [4.78, 5) is 18.9. The van der Waals surface area contributed by atoms with Crippen molar-refractivity contribution in [1.29, 1.82) is 0 Å². The van der Waals surface area contributed by atoms with Crippen molar-refractivity contribution in [1.82, 2.24) is 9.88 Å². The van der Waals surface area contributed by atoms with Crippen LogP contribution in [-0.4, -0.2) is 36.3 Å². The molecule has 2 heterocycles. The molecule has 6 heteroatoms. The number of rotatable bonds is 12. The number of nitrogens with one attached hydrogen (secondary N) is 1. The second-order valence-corrected chi connectivity index (χ2v) is 8.73. The molecule has 0 unspecified atom stereocenters. The lowest BCUT2D eigenvalue weighted by molar-refractivity contribution is 0.112. The average Bonchev–Trinajstić information content (AvgIpc) is 3.30. The molecule has 0 saturated heterocycles. The zero-order chi connectivity index (χ0) is 22.1. The van der Waals surface area contributed by atoms with Crippen LogP contribution in [0.1, 0.15) is 52.4 Å². The molecule has 3 rings (SSSR count). The van der Waals surface area contributed by atoms with Crippen molar-refractivity contribution in [3.8, 4) is 5.75 Å². The molecule has 1 aromatic carbocycles. The van der Waals surface area contributed by atoms with Gasteiger partial charge in [0, 0.05) is 42.1 Å². The maximum absolute atomic E-state index is 11.2. The first kappa shape index (κ1) is 23.0. The van der Waals surface area contributed by atoms with Gasteiger partial charge in [-0.15, -0.1) is 11.3 Å². The predicted molar refractivity (Wildman–Crippen MR) is 128 cm³/mol. The highest BCUT2D eigenvalue weighted by molar-refractivity contribution is 7.10. The Morgan fingerprint density at radius 1 is 1.26 bits per heavy atom. The zero-order valence-electron chi connectivity index (χ0n) is 18.5. The lowest BCUT2D eigenvalue weighted by Gasteiger charge is -2.19. The van der Waals surface area contributed by atoms with Crippen LogP contribution in [0.2, 0.25) is 0 Å². The summed E-state index contributed by atoms with van der Waals surface area (Å²) in [5.74, 6) is 0.911. The first-order valence-corrected chi connectivity index (χ1v) is 11.6. The third kappa shape index (κ3) is 6.91. The van der Waals surface area contributed by atoms with Gasteiger partial charge >= 0.3 is 0 Å². The number of anilines is 1. The molecule has 0 radical (unpaired) electrons. The molecule has 0 aliphatic carbocycles. The first-order chi connectivity index (χ1) is 15.1. The van der Waals surface area contributed by atoms with Crippen LogP contribution in [0.4, 0.5) is 5.69 Å². The van der Waals surface area contributed by atoms with Crippen LogP contribution in [0, 0.1) is 6.92 Å². The number of aromatic nitrogens is 1.